The molecule has 4 heteroatoms. The molecule has 2 aliphatic heterocycles. The molecular formula is C15H21BrN2O. The quantitative estimate of drug-likeness (QED) is 0.925. The second-order valence-corrected chi connectivity index (χ2v) is 6.55. The highest BCUT2D eigenvalue weighted by atomic mass is 79.9. The number of rotatable bonds is 3. The second-order valence-electron chi connectivity index (χ2n) is 5.69. The monoisotopic (exact) mass is 324 g/mol. The van der Waals surface area contributed by atoms with E-state index in [1.807, 2.05) is 0 Å². The van der Waals surface area contributed by atoms with Crippen LogP contribution in [0.4, 0.5) is 0 Å². The van der Waals surface area contributed by atoms with Crippen molar-refractivity contribution in [1.29, 1.82) is 0 Å². The molecule has 0 amide bonds. The summed E-state index contributed by atoms with van der Waals surface area (Å²) < 4.78 is 7.08. The Hall–Kier alpha value is -0.580. The molecule has 19 heavy (non-hydrogen) atoms. The van der Waals surface area contributed by atoms with Crippen LogP contribution in [0.2, 0.25) is 0 Å². The first-order chi connectivity index (χ1) is 9.22. The van der Waals surface area contributed by atoms with Crippen LogP contribution >= 0.6 is 15.9 Å². The van der Waals surface area contributed by atoms with Gasteiger partial charge in [0.1, 0.15) is 11.9 Å². The molecule has 0 radical (unpaired) electrons. The molecule has 2 saturated heterocycles. The van der Waals surface area contributed by atoms with Crippen molar-refractivity contribution in [2.75, 3.05) is 33.2 Å². The lowest BCUT2D eigenvalue weighted by molar-refractivity contribution is 0.0383. The molecule has 104 valence electrons. The lowest BCUT2D eigenvalue weighted by Gasteiger charge is -2.36. The highest BCUT2D eigenvalue weighted by molar-refractivity contribution is 9.10. The number of nitrogens with one attached hydrogen (secondary N) is 1. The third kappa shape index (κ3) is 3.12. The van der Waals surface area contributed by atoms with Crippen molar-refractivity contribution in [3.05, 3.63) is 28.2 Å². The molecule has 0 aromatic heterocycles. The number of piperidine rings is 1. The number of hydrogen-bond acceptors (Lipinski definition) is 3. The van der Waals surface area contributed by atoms with Crippen LogP contribution in [0.15, 0.2) is 22.7 Å². The van der Waals surface area contributed by atoms with E-state index >= 15 is 0 Å². The van der Waals surface area contributed by atoms with Gasteiger partial charge in [0.05, 0.1) is 4.47 Å². The van der Waals surface area contributed by atoms with Crippen molar-refractivity contribution in [2.24, 2.45) is 0 Å². The molecular weight excluding hydrogens is 304 g/mol. The first kappa shape index (κ1) is 13.4. The predicted octanol–water partition coefficient (Wildman–Crippen LogP) is 2.61. The molecule has 3 rings (SSSR count). The van der Waals surface area contributed by atoms with Crippen LogP contribution in [0.25, 0.3) is 0 Å². The molecule has 1 unspecified atom stereocenters. The first-order valence-corrected chi connectivity index (χ1v) is 7.87. The largest absolute Gasteiger partial charge is 0.487 e. The van der Waals surface area contributed by atoms with Gasteiger partial charge in [0, 0.05) is 19.6 Å². The third-order valence-electron chi connectivity index (χ3n) is 4.05. The molecule has 1 aromatic carbocycles. The number of benzene rings is 1. The van der Waals surface area contributed by atoms with E-state index in [-0.39, 0.29) is 0 Å². The van der Waals surface area contributed by atoms with Gasteiger partial charge in [0.15, 0.2) is 0 Å². The minimum atomic E-state index is 0.350. The van der Waals surface area contributed by atoms with Gasteiger partial charge in [-0.3, -0.25) is 4.90 Å². The Morgan fingerprint density at radius 2 is 2.21 bits per heavy atom. The first-order valence-electron chi connectivity index (χ1n) is 7.08. The van der Waals surface area contributed by atoms with E-state index in [1.54, 1.807) is 0 Å². The van der Waals surface area contributed by atoms with Crippen molar-refractivity contribution in [1.82, 2.24) is 10.2 Å². The molecule has 2 heterocycles. The average Bonchev–Trinajstić information content (AvgIpc) is 2.40. The Morgan fingerprint density at radius 3 is 2.84 bits per heavy atom. The standard InChI is InChI=1S/C15H21BrN2O/c1-18-9-13(10-18)19-15-5-4-11(7-14(15)16)12-3-2-6-17-8-12/h4-5,7,12-13,17H,2-3,6,8-10H2,1H3. The van der Waals surface area contributed by atoms with Crippen LogP contribution in [0.5, 0.6) is 5.75 Å². The van der Waals surface area contributed by atoms with Crippen LogP contribution in [0.3, 0.4) is 0 Å². The lowest BCUT2D eigenvalue weighted by atomic mass is 9.92. The van der Waals surface area contributed by atoms with E-state index in [0.29, 0.717) is 12.0 Å². The molecule has 0 aliphatic carbocycles. The Bertz CT molecular complexity index is 440. The van der Waals surface area contributed by atoms with Gasteiger partial charge in [-0.25, -0.2) is 0 Å². The molecule has 1 atom stereocenters. The van der Waals surface area contributed by atoms with E-state index < -0.39 is 0 Å². The number of likely N-dealkylation sites (N-methyl/N-ethyl adjacent to an activating group) is 1. The van der Waals surface area contributed by atoms with Crippen LogP contribution in [-0.2, 0) is 0 Å². The van der Waals surface area contributed by atoms with E-state index in [9.17, 15) is 0 Å². The third-order valence-corrected chi connectivity index (χ3v) is 4.67. The van der Waals surface area contributed by atoms with Gasteiger partial charge in [-0.2, -0.15) is 0 Å². The lowest BCUT2D eigenvalue weighted by Crippen LogP contribution is -2.51. The smallest absolute Gasteiger partial charge is 0.134 e. The van der Waals surface area contributed by atoms with Gasteiger partial charge >= 0.3 is 0 Å². The number of likely N-dealkylation sites (tertiary alicyclic amines) is 1. The van der Waals surface area contributed by atoms with E-state index in [2.05, 4.69) is 51.4 Å². The van der Waals surface area contributed by atoms with Gasteiger partial charge in [0.2, 0.25) is 0 Å². The summed E-state index contributed by atoms with van der Waals surface area (Å²) in [5, 5.41) is 3.47. The zero-order chi connectivity index (χ0) is 13.2. The maximum absolute atomic E-state index is 5.99. The summed E-state index contributed by atoms with van der Waals surface area (Å²) in [4.78, 5) is 2.26. The molecule has 2 fully saturated rings. The van der Waals surface area contributed by atoms with Crippen molar-refractivity contribution in [3.63, 3.8) is 0 Å². The Balaban J connectivity index is 1.66. The van der Waals surface area contributed by atoms with E-state index in [4.69, 9.17) is 4.74 Å². The molecule has 0 saturated carbocycles. The predicted molar refractivity (Wildman–Crippen MR) is 80.9 cm³/mol. The number of nitrogens with zero attached hydrogens (tertiary/aromatic N) is 1. The Morgan fingerprint density at radius 1 is 1.37 bits per heavy atom. The van der Waals surface area contributed by atoms with Crippen molar-refractivity contribution >= 4 is 15.9 Å². The van der Waals surface area contributed by atoms with Gasteiger partial charge in [-0.15, -0.1) is 0 Å². The highest BCUT2D eigenvalue weighted by Crippen LogP contribution is 2.32. The number of halogens is 1. The maximum Gasteiger partial charge on any atom is 0.134 e. The SMILES string of the molecule is CN1CC(Oc2ccc(C3CCCNC3)cc2Br)C1. The molecule has 1 N–H and O–H groups in total. The van der Waals surface area contributed by atoms with E-state index in [1.165, 1.54) is 18.4 Å². The van der Waals surface area contributed by atoms with Gasteiger partial charge in [-0.1, -0.05) is 6.07 Å². The highest BCUT2D eigenvalue weighted by Gasteiger charge is 2.25. The minimum Gasteiger partial charge on any atom is -0.487 e. The molecule has 2 aliphatic rings. The zero-order valence-corrected chi connectivity index (χ0v) is 12.9. The summed E-state index contributed by atoms with van der Waals surface area (Å²) in [6.07, 6.45) is 2.91. The maximum atomic E-state index is 5.99. The Labute approximate surface area is 123 Å². The van der Waals surface area contributed by atoms with Crippen molar-refractivity contribution in [2.45, 2.75) is 24.9 Å². The second kappa shape index (κ2) is 5.81. The molecule has 0 spiro atoms. The minimum absolute atomic E-state index is 0.350. The summed E-state index contributed by atoms with van der Waals surface area (Å²) in [6.45, 7) is 4.32. The van der Waals surface area contributed by atoms with Gasteiger partial charge in [-0.05, 0) is 66.0 Å². The van der Waals surface area contributed by atoms with Crippen LogP contribution in [0.1, 0.15) is 24.3 Å². The molecule has 0 bridgehead atoms. The summed E-state index contributed by atoms with van der Waals surface area (Å²) in [6, 6.07) is 6.57. The van der Waals surface area contributed by atoms with Crippen LogP contribution < -0.4 is 10.1 Å². The summed E-state index contributed by atoms with van der Waals surface area (Å²) in [5.41, 5.74) is 1.41. The van der Waals surface area contributed by atoms with E-state index in [0.717, 1.165) is 36.4 Å². The fourth-order valence-electron chi connectivity index (χ4n) is 2.90. The van der Waals surface area contributed by atoms with Crippen molar-refractivity contribution < 1.29 is 4.74 Å². The fraction of sp³-hybridized carbons (Fsp3) is 0.600. The van der Waals surface area contributed by atoms with Crippen LogP contribution in [0, 0.1) is 0 Å². The fourth-order valence-corrected chi connectivity index (χ4v) is 3.39. The molecule has 1 aromatic rings. The Kier molecular flexibility index (Phi) is 4.10. The normalized spacial score (nSPS) is 25.1. The molecule has 3 nitrogen and oxygen atoms in total. The van der Waals surface area contributed by atoms with Gasteiger partial charge in [0.25, 0.3) is 0 Å². The average molecular weight is 325 g/mol. The summed E-state index contributed by atoms with van der Waals surface area (Å²) in [5.74, 6) is 1.62. The summed E-state index contributed by atoms with van der Waals surface area (Å²) >= 11 is 3.65. The summed E-state index contributed by atoms with van der Waals surface area (Å²) in [7, 11) is 2.12. The van der Waals surface area contributed by atoms with Crippen molar-refractivity contribution in [3.8, 4) is 5.75 Å². The van der Waals surface area contributed by atoms with Crippen LogP contribution in [-0.4, -0.2) is 44.2 Å². The number of ether oxygens (including phenoxy) is 1. The zero-order valence-electron chi connectivity index (χ0n) is 11.4. The van der Waals surface area contributed by atoms with Gasteiger partial charge < -0.3 is 10.1 Å². The number of hydrogen-bond donors (Lipinski definition) is 1. The topological polar surface area (TPSA) is 24.5 Å².